The second kappa shape index (κ2) is 3.71. The van der Waals surface area contributed by atoms with Gasteiger partial charge in [-0.1, -0.05) is 15.9 Å². The van der Waals surface area contributed by atoms with Crippen molar-refractivity contribution < 1.29 is 9.84 Å². The molecule has 1 saturated heterocycles. The summed E-state index contributed by atoms with van der Waals surface area (Å²) in [6, 6.07) is 5.54. The highest BCUT2D eigenvalue weighted by Gasteiger charge is 2.23. The Kier molecular flexibility index (Phi) is 2.33. The minimum Gasteiger partial charge on any atom is -0.507 e. The summed E-state index contributed by atoms with van der Waals surface area (Å²) in [5, 5.41) is 10.5. The fourth-order valence-electron chi connectivity index (χ4n) is 1.90. The molecule has 0 radical (unpaired) electrons. The molecule has 0 saturated carbocycles. The molecule has 4 heteroatoms. The number of ether oxygens (including phenoxy) is 1. The molecule has 1 aliphatic rings. The third-order valence-corrected chi connectivity index (χ3v) is 3.60. The van der Waals surface area contributed by atoms with Crippen LogP contribution in [0.4, 0.5) is 0 Å². The summed E-state index contributed by atoms with van der Waals surface area (Å²) in [4.78, 5) is 4.26. The van der Waals surface area contributed by atoms with Gasteiger partial charge in [0.05, 0.1) is 18.7 Å². The molecular formula is C12H10BrNO2. The molecule has 82 valence electrons. The quantitative estimate of drug-likeness (QED) is 0.873. The molecule has 0 atom stereocenters. The van der Waals surface area contributed by atoms with Crippen LogP contribution in [0.1, 0.15) is 11.5 Å². The first kappa shape index (κ1) is 10.1. The van der Waals surface area contributed by atoms with E-state index in [0.29, 0.717) is 5.92 Å². The molecule has 1 N–H and O–H groups in total. The van der Waals surface area contributed by atoms with Crippen molar-refractivity contribution in [3.63, 3.8) is 0 Å². The molecule has 1 aromatic carbocycles. The molecule has 1 aliphatic heterocycles. The van der Waals surface area contributed by atoms with E-state index in [1.165, 1.54) is 5.56 Å². The summed E-state index contributed by atoms with van der Waals surface area (Å²) in [6.07, 6.45) is 1.62. The number of nitrogens with zero attached hydrogens (tertiary/aromatic N) is 1. The van der Waals surface area contributed by atoms with Crippen LogP contribution < -0.4 is 0 Å². The first-order chi connectivity index (χ1) is 7.75. The topological polar surface area (TPSA) is 42.4 Å². The van der Waals surface area contributed by atoms with Gasteiger partial charge >= 0.3 is 0 Å². The molecule has 16 heavy (non-hydrogen) atoms. The van der Waals surface area contributed by atoms with Crippen molar-refractivity contribution in [1.82, 2.24) is 4.98 Å². The Balaban J connectivity index is 2.21. The molecular weight excluding hydrogens is 270 g/mol. The largest absolute Gasteiger partial charge is 0.507 e. The summed E-state index contributed by atoms with van der Waals surface area (Å²) < 4.78 is 6.20. The Morgan fingerprint density at radius 2 is 2.19 bits per heavy atom. The van der Waals surface area contributed by atoms with Crippen LogP contribution in [0.5, 0.6) is 5.75 Å². The maximum absolute atomic E-state index is 9.71. The van der Waals surface area contributed by atoms with Gasteiger partial charge < -0.3 is 9.84 Å². The number of hydrogen-bond donors (Lipinski definition) is 1. The van der Waals surface area contributed by atoms with Gasteiger partial charge in [0.25, 0.3) is 0 Å². The van der Waals surface area contributed by atoms with Gasteiger partial charge in [-0.2, -0.15) is 0 Å². The molecule has 1 fully saturated rings. The molecule has 0 spiro atoms. The number of halogens is 1. The molecule has 1 aromatic heterocycles. The summed E-state index contributed by atoms with van der Waals surface area (Å²) in [6.45, 7) is 1.53. The molecule has 0 amide bonds. The zero-order valence-corrected chi connectivity index (χ0v) is 10.1. The van der Waals surface area contributed by atoms with E-state index in [4.69, 9.17) is 4.74 Å². The molecule has 2 aromatic rings. The highest BCUT2D eigenvalue weighted by atomic mass is 79.9. The van der Waals surface area contributed by atoms with Crippen molar-refractivity contribution >= 4 is 26.8 Å². The zero-order valence-electron chi connectivity index (χ0n) is 8.48. The number of benzene rings is 1. The van der Waals surface area contributed by atoms with Gasteiger partial charge in [0.15, 0.2) is 0 Å². The van der Waals surface area contributed by atoms with Gasteiger partial charge in [-0.15, -0.1) is 0 Å². The number of fused-ring (bicyclic) bond motifs is 1. The normalized spacial score (nSPS) is 16.3. The maximum atomic E-state index is 9.71. The third-order valence-electron chi connectivity index (χ3n) is 2.91. The first-order valence-corrected chi connectivity index (χ1v) is 5.90. The van der Waals surface area contributed by atoms with Crippen molar-refractivity contribution in [2.45, 2.75) is 5.92 Å². The van der Waals surface area contributed by atoms with E-state index >= 15 is 0 Å². The zero-order chi connectivity index (χ0) is 11.1. The monoisotopic (exact) mass is 279 g/mol. The maximum Gasteiger partial charge on any atom is 0.126 e. The molecule has 0 aliphatic carbocycles. The number of aromatic hydroxyl groups is 1. The second-order valence-corrected chi connectivity index (χ2v) is 4.81. The Morgan fingerprint density at radius 1 is 1.38 bits per heavy atom. The number of pyridine rings is 1. The highest BCUT2D eigenvalue weighted by Crippen LogP contribution is 2.35. The summed E-state index contributed by atoms with van der Waals surface area (Å²) in [5.41, 5.74) is 2.03. The number of aromatic nitrogens is 1. The van der Waals surface area contributed by atoms with Crippen LogP contribution in [0.2, 0.25) is 0 Å². The van der Waals surface area contributed by atoms with Gasteiger partial charge in [0.1, 0.15) is 5.75 Å². The van der Waals surface area contributed by atoms with Crippen LogP contribution in [0.3, 0.4) is 0 Å². The SMILES string of the molecule is Oc1ccnc2cc(C3COC3)c(Br)cc12. The average Bonchev–Trinajstić information content (AvgIpc) is 2.18. The van der Waals surface area contributed by atoms with Gasteiger partial charge in [-0.25, -0.2) is 0 Å². The van der Waals surface area contributed by atoms with Gasteiger partial charge in [0, 0.05) is 22.0 Å². The Labute approximate surface area is 101 Å². The molecule has 2 heterocycles. The molecule has 3 rings (SSSR count). The third kappa shape index (κ3) is 1.49. The van der Waals surface area contributed by atoms with E-state index < -0.39 is 0 Å². The van der Waals surface area contributed by atoms with E-state index in [0.717, 1.165) is 28.6 Å². The molecule has 0 bridgehead atoms. The lowest BCUT2D eigenvalue weighted by Crippen LogP contribution is -2.25. The second-order valence-electron chi connectivity index (χ2n) is 3.96. The Hall–Kier alpha value is -1.13. The predicted octanol–water partition coefficient (Wildman–Crippen LogP) is 2.82. The standard InChI is InChI=1S/C12H10BrNO2/c13-10-3-9-11(14-2-1-12(9)15)4-8(10)7-5-16-6-7/h1-4,7H,5-6H2,(H,14,15). The van der Waals surface area contributed by atoms with Crippen LogP contribution in [0.15, 0.2) is 28.9 Å². The van der Waals surface area contributed by atoms with E-state index in [1.54, 1.807) is 12.3 Å². The van der Waals surface area contributed by atoms with Crippen molar-refractivity contribution in [3.8, 4) is 5.75 Å². The van der Waals surface area contributed by atoms with Gasteiger partial charge in [0.2, 0.25) is 0 Å². The lowest BCUT2D eigenvalue weighted by molar-refractivity contribution is 0.00819. The summed E-state index contributed by atoms with van der Waals surface area (Å²) >= 11 is 3.53. The van der Waals surface area contributed by atoms with Crippen molar-refractivity contribution in [2.75, 3.05) is 13.2 Å². The first-order valence-electron chi connectivity index (χ1n) is 5.10. The Bertz CT molecular complexity index is 552. The lowest BCUT2D eigenvalue weighted by Gasteiger charge is -2.27. The van der Waals surface area contributed by atoms with Crippen molar-refractivity contribution in [1.29, 1.82) is 0 Å². The van der Waals surface area contributed by atoms with Crippen LogP contribution in [-0.4, -0.2) is 23.3 Å². The molecule has 3 nitrogen and oxygen atoms in total. The minimum absolute atomic E-state index is 0.266. The van der Waals surface area contributed by atoms with E-state index in [1.807, 2.05) is 12.1 Å². The number of hydrogen-bond acceptors (Lipinski definition) is 3. The minimum atomic E-state index is 0.266. The lowest BCUT2D eigenvalue weighted by atomic mass is 9.96. The van der Waals surface area contributed by atoms with Gasteiger partial charge in [-0.05, 0) is 23.8 Å². The number of rotatable bonds is 1. The van der Waals surface area contributed by atoms with Crippen molar-refractivity contribution in [3.05, 3.63) is 34.4 Å². The van der Waals surface area contributed by atoms with Crippen LogP contribution in [0.25, 0.3) is 10.9 Å². The van der Waals surface area contributed by atoms with E-state index in [2.05, 4.69) is 20.9 Å². The van der Waals surface area contributed by atoms with Crippen molar-refractivity contribution in [2.24, 2.45) is 0 Å². The summed E-state index contributed by atoms with van der Waals surface area (Å²) in [7, 11) is 0. The Morgan fingerprint density at radius 3 is 2.88 bits per heavy atom. The predicted molar refractivity (Wildman–Crippen MR) is 64.7 cm³/mol. The smallest absolute Gasteiger partial charge is 0.126 e. The van der Waals surface area contributed by atoms with Crippen LogP contribution in [0, 0.1) is 0 Å². The van der Waals surface area contributed by atoms with Crippen LogP contribution in [-0.2, 0) is 4.74 Å². The van der Waals surface area contributed by atoms with E-state index in [-0.39, 0.29) is 5.75 Å². The van der Waals surface area contributed by atoms with Crippen LogP contribution >= 0.6 is 15.9 Å². The fourth-order valence-corrected chi connectivity index (χ4v) is 2.56. The molecule has 0 unspecified atom stereocenters. The highest BCUT2D eigenvalue weighted by molar-refractivity contribution is 9.10. The fraction of sp³-hybridized carbons (Fsp3) is 0.250. The van der Waals surface area contributed by atoms with E-state index in [9.17, 15) is 5.11 Å². The summed E-state index contributed by atoms with van der Waals surface area (Å²) in [5.74, 6) is 0.713. The van der Waals surface area contributed by atoms with Gasteiger partial charge in [-0.3, -0.25) is 4.98 Å². The average molecular weight is 280 g/mol.